The van der Waals surface area contributed by atoms with Crippen LogP contribution in [0.3, 0.4) is 0 Å². The number of pyridine rings is 1. The lowest BCUT2D eigenvalue weighted by molar-refractivity contribution is 0.152. The second kappa shape index (κ2) is 7.44. The molecular weight excluding hydrogens is 290 g/mol. The smallest absolute Gasteiger partial charge is 0.127 e. The van der Waals surface area contributed by atoms with Gasteiger partial charge in [-0.05, 0) is 17.7 Å². The van der Waals surface area contributed by atoms with E-state index in [1.165, 1.54) is 11.1 Å². The highest BCUT2D eigenvalue weighted by Gasteiger charge is 2.24. The molecule has 2 heterocycles. The monoisotopic (exact) mass is 313 g/mol. The Balaban J connectivity index is 1.82. The first kappa shape index (κ1) is 15.8. The number of hydrogen-bond acceptors (Lipinski definition) is 5. The summed E-state index contributed by atoms with van der Waals surface area (Å²) in [5, 5.41) is 3.48. The number of benzene rings is 1. The number of nitrogens with one attached hydrogen (secondary N) is 1. The Hall–Kier alpha value is -2.11. The first-order valence-electron chi connectivity index (χ1n) is 7.87. The molecule has 0 saturated carbocycles. The van der Waals surface area contributed by atoms with Gasteiger partial charge < -0.3 is 14.8 Å². The van der Waals surface area contributed by atoms with Crippen molar-refractivity contribution in [3.05, 3.63) is 53.9 Å². The summed E-state index contributed by atoms with van der Waals surface area (Å²) in [5.74, 6) is 1.68. The zero-order chi connectivity index (χ0) is 16.1. The van der Waals surface area contributed by atoms with E-state index in [9.17, 15) is 0 Å². The normalized spacial score (nSPS) is 18.6. The molecule has 0 bridgehead atoms. The maximum atomic E-state index is 5.54. The Morgan fingerprint density at radius 3 is 2.91 bits per heavy atom. The van der Waals surface area contributed by atoms with E-state index in [4.69, 9.17) is 9.47 Å². The van der Waals surface area contributed by atoms with Gasteiger partial charge >= 0.3 is 0 Å². The van der Waals surface area contributed by atoms with Crippen molar-refractivity contribution in [3.63, 3.8) is 0 Å². The zero-order valence-electron chi connectivity index (χ0n) is 13.7. The number of methoxy groups -OCH3 is 2. The summed E-state index contributed by atoms with van der Waals surface area (Å²) in [4.78, 5) is 6.73. The molecule has 3 rings (SSSR count). The number of piperazine rings is 1. The van der Waals surface area contributed by atoms with Crippen LogP contribution in [0.2, 0.25) is 0 Å². The summed E-state index contributed by atoms with van der Waals surface area (Å²) in [6.45, 7) is 3.77. The van der Waals surface area contributed by atoms with Crippen LogP contribution in [0.15, 0.2) is 42.7 Å². The van der Waals surface area contributed by atoms with Crippen LogP contribution < -0.4 is 14.8 Å². The fourth-order valence-electron chi connectivity index (χ4n) is 3.04. The summed E-state index contributed by atoms with van der Waals surface area (Å²) in [6, 6.07) is 10.5. The quantitative estimate of drug-likeness (QED) is 0.917. The van der Waals surface area contributed by atoms with Crippen molar-refractivity contribution in [2.75, 3.05) is 33.9 Å². The van der Waals surface area contributed by atoms with Gasteiger partial charge in [0.2, 0.25) is 0 Å². The van der Waals surface area contributed by atoms with Gasteiger partial charge in [0.1, 0.15) is 11.5 Å². The largest absolute Gasteiger partial charge is 0.497 e. The van der Waals surface area contributed by atoms with E-state index in [0.717, 1.165) is 37.7 Å². The molecule has 5 heteroatoms. The molecule has 0 amide bonds. The van der Waals surface area contributed by atoms with Crippen molar-refractivity contribution in [1.29, 1.82) is 0 Å². The molecule has 122 valence electrons. The van der Waals surface area contributed by atoms with Gasteiger partial charge in [0.15, 0.2) is 0 Å². The average molecular weight is 313 g/mol. The van der Waals surface area contributed by atoms with Crippen LogP contribution >= 0.6 is 0 Å². The van der Waals surface area contributed by atoms with E-state index < -0.39 is 0 Å². The molecule has 0 aliphatic carbocycles. The lowest BCUT2D eigenvalue weighted by Gasteiger charge is -2.36. The summed E-state index contributed by atoms with van der Waals surface area (Å²) < 4.78 is 10.8. The highest BCUT2D eigenvalue weighted by atomic mass is 16.5. The minimum atomic E-state index is 0.323. The number of aromatic nitrogens is 1. The van der Waals surface area contributed by atoms with E-state index in [2.05, 4.69) is 27.3 Å². The second-order valence-electron chi connectivity index (χ2n) is 5.65. The van der Waals surface area contributed by atoms with Gasteiger partial charge in [0, 0.05) is 56.2 Å². The Labute approximate surface area is 137 Å². The molecule has 0 spiro atoms. The molecule has 1 fully saturated rings. The lowest BCUT2D eigenvalue weighted by atomic mass is 10.0. The van der Waals surface area contributed by atoms with Crippen LogP contribution in [0, 0.1) is 0 Å². The molecule has 1 aromatic carbocycles. The molecule has 1 unspecified atom stereocenters. The third-order valence-electron chi connectivity index (χ3n) is 4.29. The Bertz CT molecular complexity index is 633. The first-order valence-corrected chi connectivity index (χ1v) is 7.87. The van der Waals surface area contributed by atoms with Crippen LogP contribution in [-0.2, 0) is 6.54 Å². The van der Waals surface area contributed by atoms with Crippen LogP contribution in [0.4, 0.5) is 0 Å². The van der Waals surface area contributed by atoms with E-state index in [-0.39, 0.29) is 0 Å². The molecule has 1 aliphatic heterocycles. The number of rotatable bonds is 5. The molecule has 1 atom stereocenters. The second-order valence-corrected chi connectivity index (χ2v) is 5.65. The summed E-state index contributed by atoms with van der Waals surface area (Å²) in [7, 11) is 3.37. The molecule has 5 nitrogen and oxygen atoms in total. The van der Waals surface area contributed by atoms with Crippen LogP contribution in [0.5, 0.6) is 11.5 Å². The molecule has 2 aromatic rings. The fourth-order valence-corrected chi connectivity index (χ4v) is 3.04. The van der Waals surface area contributed by atoms with E-state index in [1.54, 1.807) is 14.2 Å². The van der Waals surface area contributed by atoms with Gasteiger partial charge in [-0.3, -0.25) is 9.88 Å². The zero-order valence-corrected chi connectivity index (χ0v) is 13.7. The average Bonchev–Trinajstić information content (AvgIpc) is 2.63. The molecular formula is C18H23N3O2. The topological polar surface area (TPSA) is 46.6 Å². The Morgan fingerprint density at radius 2 is 2.17 bits per heavy atom. The maximum absolute atomic E-state index is 5.54. The summed E-state index contributed by atoms with van der Waals surface area (Å²) in [6.07, 6.45) is 3.77. The number of hydrogen-bond donors (Lipinski definition) is 1. The lowest BCUT2D eigenvalue weighted by Crippen LogP contribution is -2.45. The molecule has 1 aromatic heterocycles. The van der Waals surface area contributed by atoms with Gasteiger partial charge in [0.05, 0.1) is 14.2 Å². The fraction of sp³-hybridized carbons (Fsp3) is 0.389. The van der Waals surface area contributed by atoms with Crippen LogP contribution in [0.1, 0.15) is 17.2 Å². The van der Waals surface area contributed by atoms with E-state index >= 15 is 0 Å². The van der Waals surface area contributed by atoms with Gasteiger partial charge in [-0.1, -0.05) is 12.1 Å². The molecule has 23 heavy (non-hydrogen) atoms. The minimum absolute atomic E-state index is 0.323. The standard InChI is InChI=1S/C18H23N3O2/c1-22-16-6-5-15(18(10-16)23-2)13-21-9-8-20-12-17(21)14-4-3-7-19-11-14/h3-7,10-11,17,20H,8-9,12-13H2,1-2H3. The molecule has 0 radical (unpaired) electrons. The maximum Gasteiger partial charge on any atom is 0.127 e. The van der Waals surface area contributed by atoms with Crippen molar-refractivity contribution in [2.45, 2.75) is 12.6 Å². The molecule has 1 saturated heterocycles. The number of ether oxygens (including phenoxy) is 2. The van der Waals surface area contributed by atoms with Crippen molar-refractivity contribution < 1.29 is 9.47 Å². The highest BCUT2D eigenvalue weighted by molar-refractivity contribution is 5.40. The Kier molecular flexibility index (Phi) is 5.10. The van der Waals surface area contributed by atoms with Gasteiger partial charge in [-0.2, -0.15) is 0 Å². The van der Waals surface area contributed by atoms with E-state index in [1.807, 2.05) is 30.6 Å². The molecule has 1 N–H and O–H groups in total. The van der Waals surface area contributed by atoms with Gasteiger partial charge in [0.25, 0.3) is 0 Å². The molecule has 1 aliphatic rings. The van der Waals surface area contributed by atoms with Crippen LogP contribution in [-0.4, -0.2) is 43.7 Å². The van der Waals surface area contributed by atoms with Crippen molar-refractivity contribution in [1.82, 2.24) is 15.2 Å². The van der Waals surface area contributed by atoms with E-state index in [0.29, 0.717) is 6.04 Å². The predicted octanol–water partition coefficient (Wildman–Crippen LogP) is 2.25. The van der Waals surface area contributed by atoms with Crippen molar-refractivity contribution >= 4 is 0 Å². The van der Waals surface area contributed by atoms with Crippen LogP contribution in [0.25, 0.3) is 0 Å². The van der Waals surface area contributed by atoms with Gasteiger partial charge in [-0.25, -0.2) is 0 Å². The number of nitrogens with zero attached hydrogens (tertiary/aromatic N) is 2. The van der Waals surface area contributed by atoms with Crippen molar-refractivity contribution in [2.24, 2.45) is 0 Å². The predicted molar refractivity (Wildman–Crippen MR) is 89.8 cm³/mol. The third kappa shape index (κ3) is 3.63. The minimum Gasteiger partial charge on any atom is -0.497 e. The SMILES string of the molecule is COc1ccc(CN2CCNCC2c2cccnc2)c(OC)c1. The van der Waals surface area contributed by atoms with Crippen molar-refractivity contribution in [3.8, 4) is 11.5 Å². The first-order chi connectivity index (χ1) is 11.3. The summed E-state index contributed by atoms with van der Waals surface area (Å²) >= 11 is 0. The Morgan fingerprint density at radius 1 is 1.26 bits per heavy atom. The third-order valence-corrected chi connectivity index (χ3v) is 4.29. The van der Waals surface area contributed by atoms with Gasteiger partial charge in [-0.15, -0.1) is 0 Å². The highest BCUT2D eigenvalue weighted by Crippen LogP contribution is 2.29. The summed E-state index contributed by atoms with van der Waals surface area (Å²) in [5.41, 5.74) is 2.41.